The van der Waals surface area contributed by atoms with Gasteiger partial charge in [0.2, 0.25) is 0 Å². The second kappa shape index (κ2) is 15.9. The van der Waals surface area contributed by atoms with Gasteiger partial charge in [0.15, 0.2) is 0 Å². The molecule has 0 atom stereocenters. The molecule has 0 fully saturated rings. The summed E-state index contributed by atoms with van der Waals surface area (Å²) in [5, 5.41) is 9.96. The van der Waals surface area contributed by atoms with E-state index >= 15 is 0 Å². The average Bonchev–Trinajstić information content (AvgIpc) is 4.01. The fraction of sp³-hybridized carbons (Fsp3) is 0.0968. The van der Waals surface area contributed by atoms with Gasteiger partial charge in [-0.2, -0.15) is 0 Å². The Morgan fingerprint density at radius 1 is 0.348 bits per heavy atom. The van der Waals surface area contributed by atoms with Gasteiger partial charge in [0.25, 0.3) is 0 Å². The molecular weight excluding hydrogens is 801 g/mol. The van der Waals surface area contributed by atoms with E-state index in [4.69, 9.17) is 0 Å². The first-order chi connectivity index (χ1) is 32.7. The van der Waals surface area contributed by atoms with Crippen LogP contribution in [0.5, 0.6) is 0 Å². The highest BCUT2D eigenvalue weighted by Gasteiger charge is 2.31. The number of allylic oxidation sites excluding steroid dienone is 2. The van der Waals surface area contributed by atoms with E-state index in [2.05, 4.69) is 238 Å². The minimum absolute atomic E-state index is 0.914. The molecule has 0 N–H and O–H groups in total. The summed E-state index contributed by atoms with van der Waals surface area (Å²) in [5.41, 5.74) is 15.0. The van der Waals surface area contributed by atoms with Gasteiger partial charge in [-0.3, -0.25) is 0 Å². The van der Waals surface area contributed by atoms with Crippen LogP contribution in [0.2, 0.25) is 0 Å². The van der Waals surface area contributed by atoms with Crippen molar-refractivity contribution in [2.45, 2.75) is 25.7 Å². The maximum Gasteiger partial charge on any atom is 0.0572 e. The molecule has 0 bridgehead atoms. The molecule has 0 saturated carbocycles. The van der Waals surface area contributed by atoms with Gasteiger partial charge in [-0.15, -0.1) is 0 Å². The minimum atomic E-state index is 0.914. The Kier molecular flexibility index (Phi) is 9.23. The van der Waals surface area contributed by atoms with Crippen LogP contribution < -0.4 is 19.6 Å². The molecule has 316 valence electrons. The van der Waals surface area contributed by atoms with Gasteiger partial charge >= 0.3 is 0 Å². The lowest BCUT2D eigenvalue weighted by atomic mass is 9.94. The summed E-state index contributed by atoms with van der Waals surface area (Å²) < 4.78 is 0. The minimum Gasteiger partial charge on any atom is -0.340 e. The van der Waals surface area contributed by atoms with Crippen molar-refractivity contribution in [2.24, 2.45) is 0 Å². The smallest absolute Gasteiger partial charge is 0.0572 e. The van der Waals surface area contributed by atoms with Crippen LogP contribution in [-0.4, -0.2) is 13.1 Å². The topological polar surface area (TPSA) is 13.0 Å². The number of nitrogens with zero attached hydrogens (tertiary/aromatic N) is 4. The quantitative estimate of drug-likeness (QED) is 0.141. The zero-order chi connectivity index (χ0) is 43.6. The first-order valence-corrected chi connectivity index (χ1v) is 23.5. The molecule has 0 saturated heterocycles. The van der Waals surface area contributed by atoms with Crippen LogP contribution in [0.25, 0.3) is 43.1 Å². The molecule has 3 aliphatic rings. The first kappa shape index (κ1) is 38.4. The second-order valence-electron chi connectivity index (χ2n) is 17.9. The van der Waals surface area contributed by atoms with Gasteiger partial charge in [0.05, 0.1) is 11.4 Å². The molecule has 0 amide bonds. The van der Waals surface area contributed by atoms with Crippen LogP contribution in [-0.2, 0) is 6.42 Å². The van der Waals surface area contributed by atoms with E-state index in [1.165, 1.54) is 71.4 Å². The molecule has 4 heteroatoms. The predicted octanol–water partition coefficient (Wildman–Crippen LogP) is 16.7. The van der Waals surface area contributed by atoms with E-state index in [0.717, 1.165) is 72.9 Å². The molecule has 4 nitrogen and oxygen atoms in total. The normalized spacial score (nSPS) is 14.4. The van der Waals surface area contributed by atoms with Crippen molar-refractivity contribution in [3.63, 3.8) is 0 Å². The van der Waals surface area contributed by atoms with Gasteiger partial charge in [-0.05, 0) is 143 Å². The maximum atomic E-state index is 2.65. The molecular formula is C62H48N4. The van der Waals surface area contributed by atoms with Crippen LogP contribution in [0.15, 0.2) is 230 Å². The molecule has 66 heavy (non-hydrogen) atoms. The number of anilines is 9. The monoisotopic (exact) mass is 848 g/mol. The van der Waals surface area contributed by atoms with Crippen molar-refractivity contribution >= 4 is 94.3 Å². The van der Waals surface area contributed by atoms with Gasteiger partial charge in [0.1, 0.15) is 0 Å². The lowest BCUT2D eigenvalue weighted by Gasteiger charge is -2.32. The van der Waals surface area contributed by atoms with E-state index < -0.39 is 0 Å². The largest absolute Gasteiger partial charge is 0.340 e. The molecule has 0 radical (unpaired) electrons. The van der Waals surface area contributed by atoms with Crippen molar-refractivity contribution in [1.82, 2.24) is 0 Å². The number of hydrogen-bond donors (Lipinski definition) is 0. The van der Waals surface area contributed by atoms with Crippen molar-refractivity contribution < 1.29 is 0 Å². The SMILES string of the molecule is C1=CC2=C(CC1)CCN2c1c2cc(N(c3ccccc3)c3ccc4ccccc4c3)ccc2c(N2CCc3ccccc32)c2cc(N(c3ccccc3)c3ccc4ccccc4c3)ccc12. The van der Waals surface area contributed by atoms with Gasteiger partial charge in [-0.1, -0.05) is 133 Å². The highest BCUT2D eigenvalue weighted by atomic mass is 15.2. The van der Waals surface area contributed by atoms with Gasteiger partial charge in [0, 0.05) is 80.1 Å². The van der Waals surface area contributed by atoms with Crippen LogP contribution in [0.3, 0.4) is 0 Å². The van der Waals surface area contributed by atoms with Crippen molar-refractivity contribution in [3.8, 4) is 0 Å². The number of para-hydroxylation sites is 3. The van der Waals surface area contributed by atoms with E-state index in [-0.39, 0.29) is 0 Å². The number of benzene rings is 10. The second-order valence-corrected chi connectivity index (χ2v) is 17.9. The molecule has 10 aromatic carbocycles. The molecule has 1 aliphatic carbocycles. The first-order valence-electron chi connectivity index (χ1n) is 23.5. The summed E-state index contributed by atoms with van der Waals surface area (Å²) in [7, 11) is 0. The lowest BCUT2D eigenvalue weighted by molar-refractivity contribution is 0.899. The predicted molar refractivity (Wildman–Crippen MR) is 280 cm³/mol. The van der Waals surface area contributed by atoms with E-state index in [0.29, 0.717) is 0 Å². The zero-order valence-corrected chi connectivity index (χ0v) is 36.8. The molecule has 0 spiro atoms. The van der Waals surface area contributed by atoms with Crippen molar-refractivity contribution in [3.05, 3.63) is 235 Å². The fourth-order valence-corrected chi connectivity index (χ4v) is 11.1. The van der Waals surface area contributed by atoms with Crippen molar-refractivity contribution in [1.29, 1.82) is 0 Å². The Morgan fingerprint density at radius 2 is 0.833 bits per heavy atom. The van der Waals surface area contributed by atoms with E-state index in [9.17, 15) is 0 Å². The number of fused-ring (bicyclic) bond motifs is 5. The van der Waals surface area contributed by atoms with Gasteiger partial charge < -0.3 is 19.6 Å². The Hall–Kier alpha value is -8.08. The van der Waals surface area contributed by atoms with Crippen LogP contribution in [0, 0.1) is 0 Å². The highest BCUT2D eigenvalue weighted by Crippen LogP contribution is 2.52. The maximum absolute atomic E-state index is 2.65. The molecule has 2 heterocycles. The third-order valence-corrected chi connectivity index (χ3v) is 14.2. The standard InChI is InChI=1S/C62H48N4/c1-3-21-49(22-4-1)65(51-29-27-43-15-7-9-19-47(43)39-51)53-31-33-55-57(41-53)61(63-37-35-45-17-11-13-25-59(45)63)56-34-32-54(42-58(56)62(55)64-38-36-46-18-12-14-26-60(46)64)66(50-23-5-2-6-24-50)52-30-28-44-16-8-10-20-48(44)40-52/h1-11,13-17,19-34,39-42H,12,18,35-38H2. The third-order valence-electron chi connectivity index (χ3n) is 14.2. The zero-order valence-electron chi connectivity index (χ0n) is 36.8. The summed E-state index contributed by atoms with van der Waals surface area (Å²) >= 11 is 0. The highest BCUT2D eigenvalue weighted by molar-refractivity contribution is 6.23. The van der Waals surface area contributed by atoms with Gasteiger partial charge in [-0.25, -0.2) is 0 Å². The lowest BCUT2D eigenvalue weighted by Crippen LogP contribution is -2.20. The summed E-state index contributed by atoms with van der Waals surface area (Å²) in [4.78, 5) is 10.1. The summed E-state index contributed by atoms with van der Waals surface area (Å²) in [6.45, 7) is 1.87. The molecule has 0 aromatic heterocycles. The molecule has 10 aromatic rings. The molecule has 0 unspecified atom stereocenters. The fourth-order valence-electron chi connectivity index (χ4n) is 11.1. The number of hydrogen-bond acceptors (Lipinski definition) is 4. The average molecular weight is 849 g/mol. The molecule has 13 rings (SSSR count). The van der Waals surface area contributed by atoms with Crippen molar-refractivity contribution in [2.75, 3.05) is 32.7 Å². The summed E-state index contributed by atoms with van der Waals surface area (Å²) in [6, 6.07) is 76.3. The number of rotatable bonds is 8. The Morgan fingerprint density at radius 3 is 1.44 bits per heavy atom. The van der Waals surface area contributed by atoms with Crippen LogP contribution >= 0.6 is 0 Å². The summed E-state index contributed by atoms with van der Waals surface area (Å²) in [5.74, 6) is 0. The third kappa shape index (κ3) is 6.43. The van der Waals surface area contributed by atoms with Crippen LogP contribution in [0.4, 0.5) is 51.2 Å². The summed E-state index contributed by atoms with van der Waals surface area (Å²) in [6.07, 6.45) is 9.09. The molecule has 2 aliphatic heterocycles. The van der Waals surface area contributed by atoms with Crippen LogP contribution in [0.1, 0.15) is 24.8 Å². The Balaban J connectivity index is 1.11. The Bertz CT molecular complexity index is 3570. The Labute approximate surface area is 386 Å². The van der Waals surface area contributed by atoms with E-state index in [1.54, 1.807) is 5.57 Å². The van der Waals surface area contributed by atoms with E-state index in [1.807, 2.05) is 0 Å².